The zero-order valence-electron chi connectivity index (χ0n) is 11.5. The van der Waals surface area contributed by atoms with Crippen LogP contribution in [0.2, 0.25) is 0 Å². The molecule has 1 aliphatic heterocycles. The van der Waals surface area contributed by atoms with E-state index in [4.69, 9.17) is 5.73 Å². The molecule has 1 atom stereocenters. The average molecular weight is 264 g/mol. The van der Waals surface area contributed by atoms with Gasteiger partial charge in [-0.2, -0.15) is 11.8 Å². The van der Waals surface area contributed by atoms with Gasteiger partial charge in [-0.1, -0.05) is 29.8 Å². The summed E-state index contributed by atoms with van der Waals surface area (Å²) in [4.78, 5) is 2.46. The van der Waals surface area contributed by atoms with Crippen molar-refractivity contribution >= 4 is 11.8 Å². The molecule has 1 unspecified atom stereocenters. The van der Waals surface area contributed by atoms with Crippen molar-refractivity contribution in [2.24, 2.45) is 5.73 Å². The van der Waals surface area contributed by atoms with Crippen molar-refractivity contribution in [2.75, 3.05) is 25.1 Å². The topological polar surface area (TPSA) is 29.3 Å². The lowest BCUT2D eigenvalue weighted by molar-refractivity contribution is 0.127. The molecule has 0 amide bonds. The number of nitrogens with zero attached hydrogens (tertiary/aromatic N) is 1. The van der Waals surface area contributed by atoms with Crippen LogP contribution in [0.5, 0.6) is 0 Å². The smallest absolute Gasteiger partial charge is 0.0422 e. The molecule has 1 aromatic rings. The van der Waals surface area contributed by atoms with E-state index in [9.17, 15) is 0 Å². The van der Waals surface area contributed by atoms with Crippen LogP contribution < -0.4 is 5.73 Å². The monoisotopic (exact) mass is 264 g/mol. The predicted molar refractivity (Wildman–Crippen MR) is 81.0 cm³/mol. The first-order chi connectivity index (χ1) is 8.66. The van der Waals surface area contributed by atoms with Gasteiger partial charge in [0.1, 0.15) is 0 Å². The fourth-order valence-electron chi connectivity index (χ4n) is 2.59. The van der Waals surface area contributed by atoms with Crippen molar-refractivity contribution in [3.63, 3.8) is 0 Å². The standard InChI is InChI=1S/C15H24N2S/c1-13-4-6-14(7-5-13)10-17(2)15(11-16)8-3-9-18-12-15/h4-7H,3,8-12,16H2,1-2H3. The summed E-state index contributed by atoms with van der Waals surface area (Å²) in [6.07, 6.45) is 2.53. The maximum Gasteiger partial charge on any atom is 0.0422 e. The second-order valence-electron chi connectivity index (χ2n) is 5.43. The van der Waals surface area contributed by atoms with Crippen molar-refractivity contribution in [3.8, 4) is 0 Å². The zero-order valence-corrected chi connectivity index (χ0v) is 12.3. The molecule has 18 heavy (non-hydrogen) atoms. The number of nitrogens with two attached hydrogens (primary N) is 1. The SMILES string of the molecule is Cc1ccc(CN(C)C2(CN)CCCSC2)cc1. The molecule has 0 spiro atoms. The van der Waals surface area contributed by atoms with Crippen molar-refractivity contribution < 1.29 is 0 Å². The van der Waals surface area contributed by atoms with Crippen molar-refractivity contribution in [1.82, 2.24) is 4.90 Å². The minimum atomic E-state index is 0.202. The maximum absolute atomic E-state index is 6.06. The third-order valence-corrected chi connectivity index (χ3v) is 5.35. The Labute approximate surface area is 115 Å². The van der Waals surface area contributed by atoms with Crippen LogP contribution in [0, 0.1) is 6.92 Å². The van der Waals surface area contributed by atoms with E-state index in [1.54, 1.807) is 0 Å². The Morgan fingerprint density at radius 2 is 2.06 bits per heavy atom. The Bertz CT molecular complexity index is 369. The molecule has 2 nitrogen and oxygen atoms in total. The number of likely N-dealkylation sites (N-methyl/N-ethyl adjacent to an activating group) is 1. The molecule has 2 rings (SSSR count). The summed E-state index contributed by atoms with van der Waals surface area (Å²) in [5.74, 6) is 2.46. The molecule has 0 aromatic heterocycles. The minimum absolute atomic E-state index is 0.202. The maximum atomic E-state index is 6.06. The molecule has 1 aliphatic rings. The zero-order chi connectivity index (χ0) is 13.0. The molecule has 0 radical (unpaired) electrons. The van der Waals surface area contributed by atoms with Gasteiger partial charge in [-0.05, 0) is 38.1 Å². The highest BCUT2D eigenvalue weighted by Gasteiger charge is 2.34. The van der Waals surface area contributed by atoms with Crippen LogP contribution in [0.15, 0.2) is 24.3 Å². The minimum Gasteiger partial charge on any atom is -0.329 e. The Hall–Kier alpha value is -0.510. The molecule has 1 saturated heterocycles. The van der Waals surface area contributed by atoms with E-state index in [0.29, 0.717) is 0 Å². The quantitative estimate of drug-likeness (QED) is 0.906. The summed E-state index contributed by atoms with van der Waals surface area (Å²) in [6, 6.07) is 8.83. The van der Waals surface area contributed by atoms with E-state index in [-0.39, 0.29) is 5.54 Å². The van der Waals surface area contributed by atoms with E-state index in [2.05, 4.69) is 43.1 Å². The molecule has 1 fully saturated rings. The largest absolute Gasteiger partial charge is 0.329 e. The molecule has 0 aliphatic carbocycles. The molecular formula is C15H24N2S. The Kier molecular flexibility index (Phi) is 4.71. The summed E-state index contributed by atoms with van der Waals surface area (Å²) in [6.45, 7) is 3.90. The summed E-state index contributed by atoms with van der Waals surface area (Å²) >= 11 is 2.05. The molecule has 100 valence electrons. The number of aryl methyl sites for hydroxylation is 1. The first kappa shape index (κ1) is 13.9. The number of thioether (sulfide) groups is 1. The fraction of sp³-hybridized carbons (Fsp3) is 0.600. The lowest BCUT2D eigenvalue weighted by Crippen LogP contribution is -2.55. The van der Waals surface area contributed by atoms with Crippen LogP contribution >= 0.6 is 11.8 Å². The van der Waals surface area contributed by atoms with Crippen LogP contribution in [0.25, 0.3) is 0 Å². The highest BCUT2D eigenvalue weighted by atomic mass is 32.2. The molecule has 1 heterocycles. The van der Waals surface area contributed by atoms with Gasteiger partial charge in [-0.3, -0.25) is 4.90 Å². The third-order valence-electron chi connectivity index (χ3n) is 4.03. The van der Waals surface area contributed by atoms with Crippen molar-refractivity contribution in [1.29, 1.82) is 0 Å². The van der Waals surface area contributed by atoms with Gasteiger partial charge in [-0.15, -0.1) is 0 Å². The molecular weight excluding hydrogens is 240 g/mol. The van der Waals surface area contributed by atoms with Gasteiger partial charge >= 0.3 is 0 Å². The predicted octanol–water partition coefficient (Wildman–Crippen LogP) is 2.65. The molecule has 3 heteroatoms. The lowest BCUT2D eigenvalue weighted by Gasteiger charge is -2.43. The van der Waals surface area contributed by atoms with Gasteiger partial charge in [-0.25, -0.2) is 0 Å². The van der Waals surface area contributed by atoms with E-state index in [0.717, 1.165) is 13.1 Å². The summed E-state index contributed by atoms with van der Waals surface area (Å²) < 4.78 is 0. The van der Waals surface area contributed by atoms with Gasteiger partial charge < -0.3 is 5.73 Å². The molecule has 1 aromatic carbocycles. The van der Waals surface area contributed by atoms with Crippen LogP contribution in [0.4, 0.5) is 0 Å². The van der Waals surface area contributed by atoms with Crippen LogP contribution in [-0.4, -0.2) is 35.5 Å². The fourth-order valence-corrected chi connectivity index (χ4v) is 3.95. The summed E-state index contributed by atoms with van der Waals surface area (Å²) in [5, 5.41) is 0. The number of hydrogen-bond acceptors (Lipinski definition) is 3. The number of hydrogen-bond donors (Lipinski definition) is 1. The lowest BCUT2D eigenvalue weighted by atomic mass is 9.93. The average Bonchev–Trinajstić information content (AvgIpc) is 2.42. The summed E-state index contributed by atoms with van der Waals surface area (Å²) in [5.41, 5.74) is 8.97. The second-order valence-corrected chi connectivity index (χ2v) is 6.53. The Morgan fingerprint density at radius 3 is 2.61 bits per heavy atom. The highest BCUT2D eigenvalue weighted by molar-refractivity contribution is 7.99. The highest BCUT2D eigenvalue weighted by Crippen LogP contribution is 2.31. The Balaban J connectivity index is 2.05. The summed E-state index contributed by atoms with van der Waals surface area (Å²) in [7, 11) is 2.22. The van der Waals surface area contributed by atoms with Crippen LogP contribution in [0.3, 0.4) is 0 Å². The van der Waals surface area contributed by atoms with Gasteiger partial charge in [0.05, 0.1) is 0 Å². The van der Waals surface area contributed by atoms with E-state index >= 15 is 0 Å². The third kappa shape index (κ3) is 3.08. The second kappa shape index (κ2) is 6.09. The van der Waals surface area contributed by atoms with Crippen molar-refractivity contribution in [2.45, 2.75) is 31.8 Å². The molecule has 0 bridgehead atoms. The van der Waals surface area contributed by atoms with Gasteiger partial charge in [0, 0.05) is 24.4 Å². The van der Waals surface area contributed by atoms with Crippen LogP contribution in [0.1, 0.15) is 24.0 Å². The molecule has 2 N–H and O–H groups in total. The van der Waals surface area contributed by atoms with Gasteiger partial charge in [0.25, 0.3) is 0 Å². The first-order valence-corrected chi connectivity index (χ1v) is 7.86. The van der Waals surface area contributed by atoms with Crippen molar-refractivity contribution in [3.05, 3.63) is 35.4 Å². The molecule has 0 saturated carbocycles. The first-order valence-electron chi connectivity index (χ1n) is 6.71. The van der Waals surface area contributed by atoms with E-state index < -0.39 is 0 Å². The van der Waals surface area contributed by atoms with Crippen LogP contribution in [-0.2, 0) is 6.54 Å². The number of rotatable bonds is 4. The van der Waals surface area contributed by atoms with E-state index in [1.807, 2.05) is 11.8 Å². The van der Waals surface area contributed by atoms with E-state index in [1.165, 1.54) is 35.5 Å². The Morgan fingerprint density at radius 1 is 1.33 bits per heavy atom. The van der Waals surface area contributed by atoms with Gasteiger partial charge in [0.2, 0.25) is 0 Å². The van der Waals surface area contributed by atoms with Gasteiger partial charge in [0.15, 0.2) is 0 Å². The normalized spacial score (nSPS) is 24.4. The number of benzene rings is 1.